The number of halogens is 1. The molecule has 0 saturated carbocycles. The van der Waals surface area contributed by atoms with Gasteiger partial charge in [-0.3, -0.25) is 10.1 Å². The predicted octanol–water partition coefficient (Wildman–Crippen LogP) is 3.91. The number of anilines is 2. The van der Waals surface area contributed by atoms with Gasteiger partial charge in [0.05, 0.1) is 4.92 Å². The molecule has 1 heterocycles. The molecular formula is C13H13ClN4O2. The van der Waals surface area contributed by atoms with Crippen molar-refractivity contribution in [1.29, 1.82) is 0 Å². The summed E-state index contributed by atoms with van der Waals surface area (Å²) in [6.07, 6.45) is 1.09. The number of nitrogens with zero attached hydrogens (tertiary/aromatic N) is 3. The monoisotopic (exact) mass is 292 g/mol. The Bertz CT molecular complexity index is 646. The minimum absolute atomic E-state index is 0.0434. The van der Waals surface area contributed by atoms with Crippen LogP contribution in [-0.2, 0) is 0 Å². The Morgan fingerprint density at radius 2 is 2.15 bits per heavy atom. The largest absolute Gasteiger partial charge is 0.334 e. The smallest absolute Gasteiger partial charge is 0.329 e. The first-order valence-electron chi connectivity index (χ1n) is 6.01. The zero-order chi connectivity index (χ0) is 14.7. The highest BCUT2D eigenvalue weighted by Crippen LogP contribution is 2.27. The second-order valence-electron chi connectivity index (χ2n) is 4.54. The van der Waals surface area contributed by atoms with E-state index in [2.05, 4.69) is 29.1 Å². The van der Waals surface area contributed by atoms with Crippen molar-refractivity contribution in [2.75, 3.05) is 5.32 Å². The van der Waals surface area contributed by atoms with Gasteiger partial charge in [-0.05, 0) is 35.2 Å². The van der Waals surface area contributed by atoms with E-state index in [1.165, 1.54) is 0 Å². The molecule has 2 aromatic rings. The van der Waals surface area contributed by atoms with E-state index in [4.69, 9.17) is 11.6 Å². The molecule has 0 aliphatic rings. The molecule has 20 heavy (non-hydrogen) atoms. The molecule has 7 heteroatoms. The third-order valence-corrected chi connectivity index (χ3v) is 2.93. The maximum atomic E-state index is 10.9. The van der Waals surface area contributed by atoms with Crippen molar-refractivity contribution in [2.45, 2.75) is 19.8 Å². The molecule has 6 nitrogen and oxygen atoms in total. The fourth-order valence-electron chi connectivity index (χ4n) is 1.69. The van der Waals surface area contributed by atoms with Crippen molar-refractivity contribution in [3.05, 3.63) is 51.4 Å². The van der Waals surface area contributed by atoms with E-state index in [1.807, 2.05) is 24.3 Å². The summed E-state index contributed by atoms with van der Waals surface area (Å²) in [6.45, 7) is 4.15. The summed E-state index contributed by atoms with van der Waals surface area (Å²) >= 11 is 5.68. The molecule has 0 amide bonds. The van der Waals surface area contributed by atoms with Gasteiger partial charge in [0.15, 0.2) is 0 Å². The second-order valence-corrected chi connectivity index (χ2v) is 4.87. The molecule has 0 bridgehead atoms. The Labute approximate surface area is 121 Å². The van der Waals surface area contributed by atoms with Crippen LogP contribution in [0.2, 0.25) is 5.28 Å². The van der Waals surface area contributed by atoms with Crippen molar-refractivity contribution in [3.63, 3.8) is 0 Å². The van der Waals surface area contributed by atoms with Crippen molar-refractivity contribution in [3.8, 4) is 0 Å². The van der Waals surface area contributed by atoms with Gasteiger partial charge >= 0.3 is 5.69 Å². The van der Waals surface area contributed by atoms with E-state index in [9.17, 15) is 10.1 Å². The quantitative estimate of drug-likeness (QED) is 0.525. The minimum atomic E-state index is -0.551. The Morgan fingerprint density at radius 1 is 1.40 bits per heavy atom. The van der Waals surface area contributed by atoms with Crippen LogP contribution < -0.4 is 5.32 Å². The molecule has 0 aliphatic heterocycles. The molecule has 0 atom stereocenters. The highest BCUT2D eigenvalue weighted by Gasteiger charge is 2.17. The summed E-state index contributed by atoms with van der Waals surface area (Å²) in [5.41, 5.74) is 1.62. The van der Waals surface area contributed by atoms with Crippen LogP contribution in [0.1, 0.15) is 25.3 Å². The molecule has 0 aliphatic carbocycles. The normalized spacial score (nSPS) is 10.6. The fraction of sp³-hybridized carbons (Fsp3) is 0.231. The maximum absolute atomic E-state index is 10.9. The van der Waals surface area contributed by atoms with Crippen molar-refractivity contribution in [1.82, 2.24) is 9.97 Å². The zero-order valence-electron chi connectivity index (χ0n) is 11.0. The third-order valence-electron chi connectivity index (χ3n) is 2.75. The van der Waals surface area contributed by atoms with Crippen molar-refractivity contribution < 1.29 is 4.92 Å². The van der Waals surface area contributed by atoms with Gasteiger partial charge in [-0.15, -0.1) is 0 Å². The van der Waals surface area contributed by atoms with Gasteiger partial charge in [-0.25, -0.2) is 4.98 Å². The number of benzene rings is 1. The topological polar surface area (TPSA) is 81.0 Å². The Hall–Kier alpha value is -2.21. The van der Waals surface area contributed by atoms with Crippen LogP contribution in [0.3, 0.4) is 0 Å². The van der Waals surface area contributed by atoms with Crippen molar-refractivity contribution in [2.24, 2.45) is 0 Å². The van der Waals surface area contributed by atoms with Crippen LogP contribution in [0.15, 0.2) is 30.5 Å². The summed E-state index contributed by atoms with van der Waals surface area (Å²) in [6, 6.07) is 7.61. The number of aromatic nitrogens is 2. The van der Waals surface area contributed by atoms with E-state index >= 15 is 0 Å². The Kier molecular flexibility index (Phi) is 4.14. The highest BCUT2D eigenvalue weighted by molar-refractivity contribution is 6.28. The molecule has 0 radical (unpaired) electrons. The number of nitro groups is 1. The lowest BCUT2D eigenvalue weighted by Crippen LogP contribution is -2.01. The second kappa shape index (κ2) is 5.83. The number of nitrogens with one attached hydrogen (secondary N) is 1. The molecule has 0 saturated heterocycles. The van der Waals surface area contributed by atoms with Crippen molar-refractivity contribution >= 4 is 28.8 Å². The van der Waals surface area contributed by atoms with Gasteiger partial charge in [0.1, 0.15) is 6.20 Å². The lowest BCUT2D eigenvalue weighted by atomic mass is 10.0. The lowest BCUT2D eigenvalue weighted by molar-refractivity contribution is -0.384. The van der Waals surface area contributed by atoms with E-state index in [0.717, 1.165) is 11.8 Å². The predicted molar refractivity (Wildman–Crippen MR) is 77.5 cm³/mol. The van der Waals surface area contributed by atoms with E-state index in [0.29, 0.717) is 11.6 Å². The molecule has 1 N–H and O–H groups in total. The van der Waals surface area contributed by atoms with Gasteiger partial charge in [0.2, 0.25) is 11.1 Å². The van der Waals surface area contributed by atoms with Crippen LogP contribution in [0, 0.1) is 10.1 Å². The fourth-order valence-corrected chi connectivity index (χ4v) is 1.83. The van der Waals surface area contributed by atoms with Gasteiger partial charge in [-0.1, -0.05) is 26.0 Å². The van der Waals surface area contributed by atoms with Gasteiger partial charge < -0.3 is 5.32 Å². The van der Waals surface area contributed by atoms with E-state index in [1.54, 1.807) is 0 Å². The Balaban J connectivity index is 2.36. The molecule has 104 valence electrons. The van der Waals surface area contributed by atoms with E-state index < -0.39 is 4.92 Å². The molecule has 0 fully saturated rings. The standard InChI is InChI=1S/C13H13ClN4O2/c1-8(2)9-4-3-5-10(6-9)16-12-11(18(19)20)7-15-13(14)17-12/h3-8H,1-2H3,(H,15,16,17). The van der Waals surface area contributed by atoms with Gasteiger partial charge in [-0.2, -0.15) is 4.98 Å². The number of hydrogen-bond acceptors (Lipinski definition) is 5. The molecule has 2 rings (SSSR count). The van der Waals surface area contributed by atoms with Crippen LogP contribution >= 0.6 is 11.6 Å². The molecular weight excluding hydrogens is 280 g/mol. The van der Waals surface area contributed by atoms with Crippen LogP contribution in [0.25, 0.3) is 0 Å². The molecule has 1 aromatic carbocycles. The summed E-state index contributed by atoms with van der Waals surface area (Å²) in [5.74, 6) is 0.441. The lowest BCUT2D eigenvalue weighted by Gasteiger charge is -2.10. The third kappa shape index (κ3) is 3.21. The summed E-state index contributed by atoms with van der Waals surface area (Å²) < 4.78 is 0. The van der Waals surface area contributed by atoms with Gasteiger partial charge in [0, 0.05) is 5.69 Å². The van der Waals surface area contributed by atoms with Gasteiger partial charge in [0.25, 0.3) is 0 Å². The summed E-state index contributed by atoms with van der Waals surface area (Å²) in [5, 5.41) is 13.8. The van der Waals surface area contributed by atoms with Crippen LogP contribution in [-0.4, -0.2) is 14.9 Å². The maximum Gasteiger partial charge on any atom is 0.329 e. The number of hydrogen-bond donors (Lipinski definition) is 1. The minimum Gasteiger partial charge on any atom is -0.334 e. The van der Waals surface area contributed by atoms with E-state index in [-0.39, 0.29) is 16.8 Å². The first kappa shape index (κ1) is 14.2. The summed E-state index contributed by atoms with van der Waals surface area (Å²) in [4.78, 5) is 17.9. The Morgan fingerprint density at radius 3 is 2.80 bits per heavy atom. The van der Waals surface area contributed by atoms with Crippen LogP contribution in [0.5, 0.6) is 0 Å². The molecule has 0 unspecified atom stereocenters. The van der Waals surface area contributed by atoms with Crippen LogP contribution in [0.4, 0.5) is 17.2 Å². The highest BCUT2D eigenvalue weighted by atomic mass is 35.5. The molecule has 0 spiro atoms. The zero-order valence-corrected chi connectivity index (χ0v) is 11.8. The summed E-state index contributed by atoms with van der Waals surface area (Å²) in [7, 11) is 0. The first-order valence-corrected chi connectivity index (χ1v) is 6.39. The SMILES string of the molecule is CC(C)c1cccc(Nc2nc(Cl)ncc2[N+](=O)[O-])c1. The average Bonchev–Trinajstić information content (AvgIpc) is 2.38. The number of rotatable bonds is 4. The first-order chi connectivity index (χ1) is 9.47. The molecule has 1 aromatic heterocycles. The average molecular weight is 293 g/mol.